The Balaban J connectivity index is 2.64. The van der Waals surface area contributed by atoms with Gasteiger partial charge in [0.05, 0.1) is 5.92 Å². The first-order valence-corrected chi connectivity index (χ1v) is 6.68. The Kier molecular flexibility index (Phi) is 5.99. The standard InChI is InChI=1S/C15H25N3O/c1-11(2)14(9-16)15(19)17-13-7-5-12(6-8-13)10-18(3)4/h5-8,11,14H,9-10,16H2,1-4H3,(H,17,19). The predicted octanol–water partition coefficient (Wildman–Crippen LogP) is 1.92. The summed E-state index contributed by atoms with van der Waals surface area (Å²) in [6, 6.07) is 7.93. The number of anilines is 1. The van der Waals surface area contributed by atoms with E-state index >= 15 is 0 Å². The van der Waals surface area contributed by atoms with Gasteiger partial charge < -0.3 is 16.0 Å². The summed E-state index contributed by atoms with van der Waals surface area (Å²) in [5.41, 5.74) is 7.69. The van der Waals surface area contributed by atoms with Gasteiger partial charge in [0.2, 0.25) is 5.91 Å². The average Bonchev–Trinajstić information content (AvgIpc) is 2.31. The van der Waals surface area contributed by atoms with Crippen LogP contribution in [0.15, 0.2) is 24.3 Å². The number of hydrogen-bond donors (Lipinski definition) is 2. The minimum Gasteiger partial charge on any atom is -0.330 e. The Bertz CT molecular complexity index is 398. The van der Waals surface area contributed by atoms with Crippen LogP contribution in [0, 0.1) is 11.8 Å². The first-order chi connectivity index (χ1) is 8.93. The van der Waals surface area contributed by atoms with Crippen LogP contribution >= 0.6 is 0 Å². The van der Waals surface area contributed by atoms with E-state index in [1.807, 2.05) is 52.2 Å². The molecule has 3 N–H and O–H groups in total. The molecule has 0 bridgehead atoms. The van der Waals surface area contributed by atoms with Gasteiger partial charge in [-0.2, -0.15) is 0 Å². The number of nitrogens with two attached hydrogens (primary N) is 1. The second-order valence-electron chi connectivity index (χ2n) is 5.51. The molecule has 4 nitrogen and oxygen atoms in total. The van der Waals surface area contributed by atoms with E-state index in [1.165, 1.54) is 5.56 Å². The number of carbonyl (C=O) groups excluding carboxylic acids is 1. The van der Waals surface area contributed by atoms with Crippen molar-refractivity contribution in [3.63, 3.8) is 0 Å². The summed E-state index contributed by atoms with van der Waals surface area (Å²) in [5, 5.41) is 2.92. The maximum Gasteiger partial charge on any atom is 0.229 e. The van der Waals surface area contributed by atoms with E-state index in [0.29, 0.717) is 6.54 Å². The van der Waals surface area contributed by atoms with E-state index in [1.54, 1.807) is 0 Å². The Morgan fingerprint density at radius 2 is 1.84 bits per heavy atom. The lowest BCUT2D eigenvalue weighted by Crippen LogP contribution is -2.33. The zero-order valence-electron chi connectivity index (χ0n) is 12.3. The van der Waals surface area contributed by atoms with Gasteiger partial charge in [0.1, 0.15) is 0 Å². The van der Waals surface area contributed by atoms with Gasteiger partial charge in [-0.25, -0.2) is 0 Å². The molecule has 106 valence electrons. The van der Waals surface area contributed by atoms with Gasteiger partial charge >= 0.3 is 0 Å². The number of nitrogens with one attached hydrogen (secondary N) is 1. The molecule has 0 heterocycles. The van der Waals surface area contributed by atoms with Crippen LogP contribution in [0.3, 0.4) is 0 Å². The highest BCUT2D eigenvalue weighted by atomic mass is 16.1. The molecule has 0 saturated carbocycles. The lowest BCUT2D eigenvalue weighted by Gasteiger charge is -2.18. The summed E-state index contributed by atoms with van der Waals surface area (Å²) in [6.45, 7) is 5.29. The maximum absolute atomic E-state index is 12.0. The lowest BCUT2D eigenvalue weighted by molar-refractivity contribution is -0.120. The third-order valence-electron chi connectivity index (χ3n) is 3.12. The van der Waals surface area contributed by atoms with Crippen molar-refractivity contribution in [2.45, 2.75) is 20.4 Å². The summed E-state index contributed by atoms with van der Waals surface area (Å²) in [7, 11) is 4.06. The molecular formula is C15H25N3O. The van der Waals surface area contributed by atoms with Gasteiger partial charge in [-0.05, 0) is 37.7 Å². The molecule has 0 aliphatic heterocycles. The molecule has 0 fully saturated rings. The fraction of sp³-hybridized carbons (Fsp3) is 0.533. The van der Waals surface area contributed by atoms with Gasteiger partial charge in [-0.15, -0.1) is 0 Å². The quantitative estimate of drug-likeness (QED) is 0.824. The molecule has 19 heavy (non-hydrogen) atoms. The van der Waals surface area contributed by atoms with Gasteiger partial charge in [-0.3, -0.25) is 4.79 Å². The number of hydrogen-bond acceptors (Lipinski definition) is 3. The fourth-order valence-corrected chi connectivity index (χ4v) is 1.98. The zero-order chi connectivity index (χ0) is 14.4. The SMILES string of the molecule is CC(C)C(CN)C(=O)Nc1ccc(CN(C)C)cc1. The topological polar surface area (TPSA) is 58.4 Å². The molecule has 0 radical (unpaired) electrons. The van der Waals surface area contributed by atoms with E-state index in [9.17, 15) is 4.79 Å². The van der Waals surface area contributed by atoms with Crippen molar-refractivity contribution in [1.29, 1.82) is 0 Å². The molecule has 1 amide bonds. The van der Waals surface area contributed by atoms with Gasteiger partial charge in [0, 0.05) is 18.8 Å². The smallest absolute Gasteiger partial charge is 0.229 e. The second kappa shape index (κ2) is 7.26. The number of carbonyl (C=O) groups is 1. The Labute approximate surface area is 116 Å². The minimum atomic E-state index is -0.138. The van der Waals surface area contributed by atoms with Crippen LogP contribution in [0.4, 0.5) is 5.69 Å². The highest BCUT2D eigenvalue weighted by molar-refractivity contribution is 5.92. The monoisotopic (exact) mass is 263 g/mol. The second-order valence-corrected chi connectivity index (χ2v) is 5.51. The van der Waals surface area contributed by atoms with Crippen molar-refractivity contribution in [1.82, 2.24) is 4.90 Å². The van der Waals surface area contributed by atoms with Gasteiger partial charge in [-0.1, -0.05) is 26.0 Å². The molecule has 4 heteroatoms. The van der Waals surface area contributed by atoms with Crippen LogP contribution in [0.2, 0.25) is 0 Å². The molecular weight excluding hydrogens is 238 g/mol. The summed E-state index contributed by atoms with van der Waals surface area (Å²) >= 11 is 0. The van der Waals surface area contributed by atoms with Crippen LogP contribution in [-0.4, -0.2) is 31.4 Å². The predicted molar refractivity (Wildman–Crippen MR) is 79.8 cm³/mol. The Morgan fingerprint density at radius 3 is 2.26 bits per heavy atom. The van der Waals surface area contributed by atoms with Crippen molar-refractivity contribution in [2.24, 2.45) is 17.6 Å². The molecule has 0 aliphatic rings. The van der Waals surface area contributed by atoms with Gasteiger partial charge in [0.15, 0.2) is 0 Å². The zero-order valence-corrected chi connectivity index (χ0v) is 12.3. The molecule has 0 spiro atoms. The van der Waals surface area contributed by atoms with E-state index in [4.69, 9.17) is 5.73 Å². The van der Waals surface area contributed by atoms with Crippen molar-refractivity contribution in [2.75, 3.05) is 26.0 Å². The summed E-state index contributed by atoms with van der Waals surface area (Å²) in [5.74, 6) is 0.109. The number of nitrogens with zero attached hydrogens (tertiary/aromatic N) is 1. The lowest BCUT2D eigenvalue weighted by atomic mass is 9.95. The molecule has 1 unspecified atom stereocenters. The average molecular weight is 263 g/mol. The van der Waals surface area contributed by atoms with E-state index in [0.717, 1.165) is 12.2 Å². The molecule has 1 aromatic rings. The van der Waals surface area contributed by atoms with Crippen molar-refractivity contribution < 1.29 is 4.79 Å². The van der Waals surface area contributed by atoms with Crippen molar-refractivity contribution in [3.8, 4) is 0 Å². The summed E-state index contributed by atoms with van der Waals surface area (Å²) in [4.78, 5) is 14.2. The van der Waals surface area contributed by atoms with Crippen LogP contribution in [-0.2, 0) is 11.3 Å². The molecule has 1 rings (SSSR count). The van der Waals surface area contributed by atoms with Crippen LogP contribution in [0.5, 0.6) is 0 Å². The van der Waals surface area contributed by atoms with E-state index < -0.39 is 0 Å². The van der Waals surface area contributed by atoms with Crippen LogP contribution in [0.25, 0.3) is 0 Å². The molecule has 0 aromatic heterocycles. The van der Waals surface area contributed by atoms with Crippen LogP contribution in [0.1, 0.15) is 19.4 Å². The van der Waals surface area contributed by atoms with Crippen molar-refractivity contribution in [3.05, 3.63) is 29.8 Å². The largest absolute Gasteiger partial charge is 0.330 e. The van der Waals surface area contributed by atoms with Gasteiger partial charge in [0.25, 0.3) is 0 Å². The van der Waals surface area contributed by atoms with Crippen molar-refractivity contribution >= 4 is 11.6 Å². The Hall–Kier alpha value is -1.39. The van der Waals surface area contributed by atoms with E-state index in [-0.39, 0.29) is 17.7 Å². The highest BCUT2D eigenvalue weighted by Gasteiger charge is 2.20. The highest BCUT2D eigenvalue weighted by Crippen LogP contribution is 2.15. The number of benzene rings is 1. The van der Waals surface area contributed by atoms with E-state index in [2.05, 4.69) is 10.2 Å². The Morgan fingerprint density at radius 1 is 1.26 bits per heavy atom. The summed E-state index contributed by atoms with van der Waals surface area (Å²) < 4.78 is 0. The number of amides is 1. The normalized spacial score (nSPS) is 12.8. The third kappa shape index (κ3) is 5.01. The van der Waals surface area contributed by atoms with Crippen LogP contribution < -0.4 is 11.1 Å². The molecule has 0 aliphatic carbocycles. The first kappa shape index (κ1) is 15.7. The molecule has 1 aromatic carbocycles. The fourth-order valence-electron chi connectivity index (χ4n) is 1.98. The number of rotatable bonds is 6. The molecule has 1 atom stereocenters. The minimum absolute atomic E-state index is 0.00198. The summed E-state index contributed by atoms with van der Waals surface area (Å²) in [6.07, 6.45) is 0. The third-order valence-corrected chi connectivity index (χ3v) is 3.12. The first-order valence-electron chi connectivity index (χ1n) is 6.68. The maximum atomic E-state index is 12.0. The molecule has 0 saturated heterocycles.